The number of nitrogens with one attached hydrogen (secondary N) is 1. The minimum atomic E-state index is 0.126. The first-order valence-corrected chi connectivity index (χ1v) is 9.49. The maximum atomic E-state index is 12.4. The van der Waals surface area contributed by atoms with E-state index in [0.717, 1.165) is 11.9 Å². The summed E-state index contributed by atoms with van der Waals surface area (Å²) in [5, 5.41) is 4.45. The fraction of sp³-hybridized carbons (Fsp3) is 0.524. The van der Waals surface area contributed by atoms with Crippen molar-refractivity contribution in [3.63, 3.8) is 0 Å². The monoisotopic (exact) mass is 338 g/mol. The average molecular weight is 338 g/mol. The lowest BCUT2D eigenvalue weighted by atomic mass is 9.92. The number of benzene rings is 1. The second-order valence-electron chi connectivity index (χ2n) is 7.52. The quantitative estimate of drug-likeness (QED) is 0.908. The SMILES string of the molecule is O=C(CC1CCCC1)N[C@H]1COC[C@H]1Cc1ccnc2ccccc12. The molecule has 2 aromatic rings. The van der Waals surface area contributed by atoms with Crippen LogP contribution in [0.5, 0.6) is 0 Å². The number of pyridine rings is 1. The van der Waals surface area contributed by atoms with Gasteiger partial charge in [0.15, 0.2) is 0 Å². The Bertz CT molecular complexity index is 734. The van der Waals surface area contributed by atoms with Crippen molar-refractivity contribution in [3.05, 3.63) is 42.1 Å². The number of amides is 1. The van der Waals surface area contributed by atoms with Crippen molar-refractivity contribution in [1.29, 1.82) is 0 Å². The number of rotatable bonds is 5. The molecular formula is C21H26N2O2. The van der Waals surface area contributed by atoms with Crippen LogP contribution in [0.3, 0.4) is 0 Å². The highest BCUT2D eigenvalue weighted by atomic mass is 16.5. The van der Waals surface area contributed by atoms with Crippen LogP contribution in [-0.2, 0) is 16.0 Å². The summed E-state index contributed by atoms with van der Waals surface area (Å²) < 4.78 is 5.69. The molecule has 4 rings (SSSR count). The third-order valence-electron chi connectivity index (χ3n) is 5.72. The highest BCUT2D eigenvalue weighted by Gasteiger charge is 2.30. The van der Waals surface area contributed by atoms with Crippen molar-refractivity contribution < 1.29 is 9.53 Å². The first-order valence-electron chi connectivity index (χ1n) is 9.49. The van der Waals surface area contributed by atoms with Gasteiger partial charge in [-0.25, -0.2) is 0 Å². The van der Waals surface area contributed by atoms with E-state index in [0.29, 0.717) is 31.5 Å². The number of nitrogens with zero attached hydrogens (tertiary/aromatic N) is 1. The lowest BCUT2D eigenvalue weighted by Gasteiger charge is -2.20. The van der Waals surface area contributed by atoms with E-state index in [1.807, 2.05) is 18.3 Å². The van der Waals surface area contributed by atoms with E-state index in [4.69, 9.17) is 4.74 Å². The van der Waals surface area contributed by atoms with Crippen LogP contribution in [-0.4, -0.2) is 30.1 Å². The molecular weight excluding hydrogens is 312 g/mol. The maximum absolute atomic E-state index is 12.4. The Kier molecular flexibility index (Phi) is 4.97. The molecule has 1 saturated carbocycles. The molecule has 2 atom stereocenters. The van der Waals surface area contributed by atoms with E-state index in [9.17, 15) is 4.79 Å². The smallest absolute Gasteiger partial charge is 0.220 e. The molecule has 1 N–H and O–H groups in total. The van der Waals surface area contributed by atoms with E-state index >= 15 is 0 Å². The minimum absolute atomic E-state index is 0.126. The first kappa shape index (κ1) is 16.5. The van der Waals surface area contributed by atoms with E-state index in [-0.39, 0.29) is 11.9 Å². The topological polar surface area (TPSA) is 51.2 Å². The molecule has 0 bridgehead atoms. The van der Waals surface area contributed by atoms with Gasteiger partial charge in [-0.2, -0.15) is 0 Å². The number of hydrogen-bond acceptors (Lipinski definition) is 3. The van der Waals surface area contributed by atoms with Gasteiger partial charge in [-0.1, -0.05) is 31.0 Å². The first-order chi connectivity index (χ1) is 12.3. The van der Waals surface area contributed by atoms with Crippen LogP contribution in [0, 0.1) is 11.8 Å². The van der Waals surface area contributed by atoms with Gasteiger partial charge in [-0.3, -0.25) is 9.78 Å². The molecule has 1 aromatic carbocycles. The molecule has 1 aromatic heterocycles. The molecule has 1 amide bonds. The molecule has 0 spiro atoms. The highest BCUT2D eigenvalue weighted by Crippen LogP contribution is 2.28. The molecule has 25 heavy (non-hydrogen) atoms. The highest BCUT2D eigenvalue weighted by molar-refractivity contribution is 5.82. The zero-order valence-electron chi connectivity index (χ0n) is 14.6. The Hall–Kier alpha value is -1.94. The molecule has 4 nitrogen and oxygen atoms in total. The van der Waals surface area contributed by atoms with Crippen LogP contribution in [0.25, 0.3) is 10.9 Å². The van der Waals surface area contributed by atoms with Gasteiger partial charge in [-0.05, 0) is 42.9 Å². The predicted molar refractivity (Wildman–Crippen MR) is 98.3 cm³/mol. The zero-order chi connectivity index (χ0) is 17.1. The normalized spacial score (nSPS) is 24.0. The average Bonchev–Trinajstić information content (AvgIpc) is 3.28. The summed E-state index contributed by atoms with van der Waals surface area (Å²) in [4.78, 5) is 16.8. The predicted octanol–water partition coefficient (Wildman–Crippen LogP) is 3.49. The molecule has 4 heteroatoms. The summed E-state index contributed by atoms with van der Waals surface area (Å²) in [6, 6.07) is 10.5. The number of hydrogen-bond donors (Lipinski definition) is 1. The molecule has 1 saturated heterocycles. The van der Waals surface area contributed by atoms with E-state index in [1.165, 1.54) is 36.6 Å². The van der Waals surface area contributed by atoms with Gasteiger partial charge in [-0.15, -0.1) is 0 Å². The number of ether oxygens (including phenoxy) is 1. The molecule has 2 aliphatic rings. The van der Waals surface area contributed by atoms with Crippen molar-refractivity contribution in [2.45, 2.75) is 44.6 Å². The summed E-state index contributed by atoms with van der Waals surface area (Å²) >= 11 is 0. The zero-order valence-corrected chi connectivity index (χ0v) is 14.6. The molecule has 1 aliphatic heterocycles. The summed E-state index contributed by atoms with van der Waals surface area (Å²) in [5.74, 6) is 1.12. The van der Waals surface area contributed by atoms with Gasteiger partial charge in [0.1, 0.15) is 0 Å². The third kappa shape index (κ3) is 3.84. The van der Waals surface area contributed by atoms with Gasteiger partial charge in [0.2, 0.25) is 5.91 Å². The second-order valence-corrected chi connectivity index (χ2v) is 7.52. The number of aromatic nitrogens is 1. The minimum Gasteiger partial charge on any atom is -0.379 e. The van der Waals surface area contributed by atoms with E-state index in [2.05, 4.69) is 28.5 Å². The Morgan fingerprint density at radius 3 is 2.88 bits per heavy atom. The molecule has 0 radical (unpaired) electrons. The Morgan fingerprint density at radius 2 is 2.00 bits per heavy atom. The van der Waals surface area contributed by atoms with Gasteiger partial charge >= 0.3 is 0 Å². The number of fused-ring (bicyclic) bond motifs is 1. The van der Waals surface area contributed by atoms with Crippen molar-refractivity contribution >= 4 is 16.8 Å². The second kappa shape index (κ2) is 7.52. The summed E-state index contributed by atoms with van der Waals surface area (Å²) in [7, 11) is 0. The van der Waals surface area contributed by atoms with Crippen molar-refractivity contribution in [1.82, 2.24) is 10.3 Å². The van der Waals surface area contributed by atoms with Crippen LogP contribution >= 0.6 is 0 Å². The van der Waals surface area contributed by atoms with Gasteiger partial charge in [0, 0.05) is 23.9 Å². The Morgan fingerprint density at radius 1 is 1.16 bits per heavy atom. The maximum Gasteiger partial charge on any atom is 0.220 e. The molecule has 1 aliphatic carbocycles. The van der Waals surface area contributed by atoms with Crippen molar-refractivity contribution in [2.75, 3.05) is 13.2 Å². The Balaban J connectivity index is 1.41. The number of carbonyl (C=O) groups is 1. The molecule has 2 fully saturated rings. The summed E-state index contributed by atoms with van der Waals surface area (Å²) in [6.07, 6.45) is 8.45. The molecule has 0 unspecified atom stereocenters. The standard InChI is InChI=1S/C21H26N2O2/c24-21(11-15-5-1-2-6-15)23-20-14-25-13-17(20)12-16-9-10-22-19-8-4-3-7-18(16)19/h3-4,7-10,15,17,20H,1-2,5-6,11-14H2,(H,23,24)/t17-,20+/m1/s1. The lowest BCUT2D eigenvalue weighted by molar-refractivity contribution is -0.122. The van der Waals surface area contributed by atoms with E-state index < -0.39 is 0 Å². The molecule has 132 valence electrons. The van der Waals surface area contributed by atoms with Gasteiger partial charge < -0.3 is 10.1 Å². The third-order valence-corrected chi connectivity index (χ3v) is 5.72. The fourth-order valence-electron chi connectivity index (χ4n) is 4.32. The van der Waals surface area contributed by atoms with Crippen LogP contribution in [0.4, 0.5) is 0 Å². The lowest BCUT2D eigenvalue weighted by Crippen LogP contribution is -2.41. The van der Waals surface area contributed by atoms with Gasteiger partial charge in [0.25, 0.3) is 0 Å². The fourth-order valence-corrected chi connectivity index (χ4v) is 4.32. The van der Waals surface area contributed by atoms with Crippen LogP contribution in [0.2, 0.25) is 0 Å². The Labute approximate surface area is 149 Å². The van der Waals surface area contributed by atoms with Crippen LogP contribution in [0.15, 0.2) is 36.5 Å². The molecule has 2 heterocycles. The van der Waals surface area contributed by atoms with E-state index in [1.54, 1.807) is 0 Å². The largest absolute Gasteiger partial charge is 0.379 e. The van der Waals surface area contributed by atoms with Crippen LogP contribution < -0.4 is 5.32 Å². The van der Waals surface area contributed by atoms with Crippen LogP contribution in [0.1, 0.15) is 37.7 Å². The number of carbonyl (C=O) groups excluding carboxylic acids is 1. The van der Waals surface area contributed by atoms with Gasteiger partial charge in [0.05, 0.1) is 24.8 Å². The van der Waals surface area contributed by atoms with Crippen molar-refractivity contribution in [3.8, 4) is 0 Å². The number of para-hydroxylation sites is 1. The summed E-state index contributed by atoms with van der Waals surface area (Å²) in [6.45, 7) is 1.34. The van der Waals surface area contributed by atoms with Crippen molar-refractivity contribution in [2.24, 2.45) is 11.8 Å². The summed E-state index contributed by atoms with van der Waals surface area (Å²) in [5.41, 5.74) is 2.32.